The van der Waals surface area contributed by atoms with Crippen LogP contribution in [0.1, 0.15) is 22.5 Å². The van der Waals surface area contributed by atoms with Crippen molar-refractivity contribution in [2.45, 2.75) is 12.8 Å². The quantitative estimate of drug-likeness (QED) is 0.575. The molecule has 0 spiro atoms. The fraction of sp³-hybridized carbons (Fsp3) is 0.462. The number of H-pyrrole nitrogens is 1. The lowest BCUT2D eigenvalue weighted by molar-refractivity contribution is -0.114. The molecule has 1 aromatic heterocycles. The average molecular weight is 295 g/mol. The van der Waals surface area contributed by atoms with Gasteiger partial charge in [0, 0.05) is 12.4 Å². The first-order chi connectivity index (χ1) is 9.72. The first-order valence-corrected chi connectivity index (χ1v) is 7.37. The summed E-state index contributed by atoms with van der Waals surface area (Å²) in [5.74, 6) is 0.540. The average Bonchev–Trinajstić information content (AvgIpc) is 2.84. The molecule has 0 radical (unpaired) electrons. The fourth-order valence-electron chi connectivity index (χ4n) is 1.84. The third kappa shape index (κ3) is 3.78. The molecule has 1 aliphatic rings. The summed E-state index contributed by atoms with van der Waals surface area (Å²) in [6, 6.07) is 0. The minimum absolute atomic E-state index is 0.0738. The van der Waals surface area contributed by atoms with Gasteiger partial charge in [-0.25, -0.2) is 0 Å². The second-order valence-electron chi connectivity index (χ2n) is 4.35. The van der Waals surface area contributed by atoms with Crippen molar-refractivity contribution in [2.75, 3.05) is 26.1 Å². The van der Waals surface area contributed by atoms with Gasteiger partial charge in [0.1, 0.15) is 0 Å². The van der Waals surface area contributed by atoms with Crippen molar-refractivity contribution in [2.24, 2.45) is 0 Å². The molecule has 6 nitrogen and oxygen atoms in total. The van der Waals surface area contributed by atoms with Gasteiger partial charge in [0.2, 0.25) is 5.78 Å². The van der Waals surface area contributed by atoms with Crippen LogP contribution in [0.2, 0.25) is 0 Å². The largest absolute Gasteiger partial charge is 0.366 e. The lowest BCUT2D eigenvalue weighted by atomic mass is 10.1. The number of fused-ring (bicyclic) bond motifs is 1. The molecule has 0 atom stereocenters. The zero-order valence-corrected chi connectivity index (χ0v) is 12.1. The summed E-state index contributed by atoms with van der Waals surface area (Å²) in [7, 11) is 1.82. The van der Waals surface area contributed by atoms with Crippen LogP contribution in [0, 0.1) is 0 Å². The van der Waals surface area contributed by atoms with Crippen molar-refractivity contribution in [3.63, 3.8) is 0 Å². The standard InChI is InChI=1S/C13H17N3O3S/c1-14-8-19-3-2-4-20-12-6-9(17)5-11-10(13(12)18)7-15-16-11/h6-7,14H,2-5,8H2,1H3,(H,15,16). The normalized spacial score (nSPS) is 14.9. The monoisotopic (exact) mass is 295 g/mol. The molecule has 2 N–H and O–H groups in total. The molecule has 1 heterocycles. The van der Waals surface area contributed by atoms with Gasteiger partial charge in [0.05, 0.1) is 35.5 Å². The molecule has 1 aliphatic carbocycles. The SMILES string of the molecule is CNCOCCCSC1=CC(=O)Cc2[nH]ncc2C1=O. The Balaban J connectivity index is 1.90. The molecule has 0 fully saturated rings. The smallest absolute Gasteiger partial charge is 0.202 e. The van der Waals surface area contributed by atoms with Crippen molar-refractivity contribution >= 4 is 23.3 Å². The Bertz CT molecular complexity index is 525. The van der Waals surface area contributed by atoms with E-state index in [1.807, 2.05) is 7.05 Å². The van der Waals surface area contributed by atoms with E-state index in [0.717, 1.165) is 12.2 Å². The van der Waals surface area contributed by atoms with Crippen LogP contribution in [-0.4, -0.2) is 47.9 Å². The molecule has 108 valence electrons. The summed E-state index contributed by atoms with van der Waals surface area (Å²) >= 11 is 1.40. The van der Waals surface area contributed by atoms with Gasteiger partial charge in [-0.3, -0.25) is 20.0 Å². The predicted octanol–water partition coefficient (Wildman–Crippen LogP) is 0.918. The number of thioether (sulfide) groups is 1. The summed E-state index contributed by atoms with van der Waals surface area (Å²) in [5, 5.41) is 9.43. The Kier molecular flexibility index (Phi) is 5.51. The Morgan fingerprint density at radius 2 is 2.35 bits per heavy atom. The Hall–Kier alpha value is -1.44. The number of aromatic amines is 1. The van der Waals surface area contributed by atoms with E-state index in [2.05, 4.69) is 15.5 Å². The van der Waals surface area contributed by atoms with Gasteiger partial charge in [-0.05, 0) is 19.5 Å². The number of ketones is 2. The fourth-order valence-corrected chi connectivity index (χ4v) is 2.78. The van der Waals surface area contributed by atoms with Gasteiger partial charge < -0.3 is 4.74 Å². The first kappa shape index (κ1) is 15.0. The van der Waals surface area contributed by atoms with E-state index < -0.39 is 0 Å². The molecule has 0 aliphatic heterocycles. The Morgan fingerprint density at radius 1 is 1.50 bits per heavy atom. The number of rotatable bonds is 7. The highest BCUT2D eigenvalue weighted by molar-refractivity contribution is 8.04. The number of nitrogens with one attached hydrogen (secondary N) is 2. The zero-order chi connectivity index (χ0) is 14.4. The number of carbonyl (C=O) groups excluding carboxylic acids is 2. The van der Waals surface area contributed by atoms with Crippen LogP contribution >= 0.6 is 11.8 Å². The minimum atomic E-state index is -0.124. The lowest BCUT2D eigenvalue weighted by Gasteiger charge is -2.05. The highest BCUT2D eigenvalue weighted by Gasteiger charge is 2.24. The van der Waals surface area contributed by atoms with Crippen molar-refractivity contribution < 1.29 is 14.3 Å². The minimum Gasteiger partial charge on any atom is -0.366 e. The topological polar surface area (TPSA) is 84.1 Å². The molecular formula is C13H17N3O3S. The summed E-state index contributed by atoms with van der Waals surface area (Å²) in [6.45, 7) is 1.14. The van der Waals surface area contributed by atoms with Gasteiger partial charge >= 0.3 is 0 Å². The Labute approximate surface area is 121 Å². The zero-order valence-electron chi connectivity index (χ0n) is 11.3. The molecule has 20 heavy (non-hydrogen) atoms. The number of aromatic nitrogens is 2. The van der Waals surface area contributed by atoms with Crippen LogP contribution in [-0.2, 0) is 16.0 Å². The van der Waals surface area contributed by atoms with Crippen LogP contribution in [0.15, 0.2) is 17.2 Å². The number of Topliss-reactive ketones (excluding diaryl/α,β-unsaturated/α-hetero) is 1. The lowest BCUT2D eigenvalue weighted by Crippen LogP contribution is -2.12. The molecule has 7 heteroatoms. The van der Waals surface area contributed by atoms with E-state index in [0.29, 0.717) is 29.5 Å². The van der Waals surface area contributed by atoms with Gasteiger partial charge in [-0.2, -0.15) is 5.10 Å². The van der Waals surface area contributed by atoms with E-state index in [4.69, 9.17) is 4.74 Å². The van der Waals surface area contributed by atoms with Gasteiger partial charge in [-0.1, -0.05) is 0 Å². The van der Waals surface area contributed by atoms with E-state index in [1.54, 1.807) is 0 Å². The van der Waals surface area contributed by atoms with E-state index >= 15 is 0 Å². The molecule has 0 saturated carbocycles. The van der Waals surface area contributed by atoms with Crippen molar-refractivity contribution in [1.29, 1.82) is 0 Å². The summed E-state index contributed by atoms with van der Waals surface area (Å²) in [6.07, 6.45) is 3.95. The van der Waals surface area contributed by atoms with Crippen molar-refractivity contribution in [1.82, 2.24) is 15.5 Å². The van der Waals surface area contributed by atoms with Crippen LogP contribution in [0.5, 0.6) is 0 Å². The third-order valence-corrected chi connectivity index (χ3v) is 3.87. The van der Waals surface area contributed by atoms with Gasteiger partial charge in [0.15, 0.2) is 5.78 Å². The second-order valence-corrected chi connectivity index (χ2v) is 5.49. The molecule has 0 amide bonds. The second kappa shape index (κ2) is 7.37. The van der Waals surface area contributed by atoms with Gasteiger partial charge in [-0.15, -0.1) is 11.8 Å². The summed E-state index contributed by atoms with van der Waals surface area (Å²) in [4.78, 5) is 24.5. The molecule has 2 rings (SSSR count). The maximum absolute atomic E-state index is 12.3. The van der Waals surface area contributed by atoms with Crippen LogP contribution < -0.4 is 5.32 Å². The number of ether oxygens (including phenoxy) is 1. The predicted molar refractivity (Wildman–Crippen MR) is 76.7 cm³/mol. The number of nitrogens with zero attached hydrogens (tertiary/aromatic N) is 1. The maximum Gasteiger partial charge on any atom is 0.202 e. The molecule has 0 bridgehead atoms. The highest BCUT2D eigenvalue weighted by atomic mass is 32.2. The molecule has 0 aromatic carbocycles. The van der Waals surface area contributed by atoms with Crippen LogP contribution in [0.3, 0.4) is 0 Å². The van der Waals surface area contributed by atoms with E-state index in [9.17, 15) is 9.59 Å². The maximum atomic E-state index is 12.3. The summed E-state index contributed by atoms with van der Waals surface area (Å²) < 4.78 is 5.28. The number of carbonyl (C=O) groups is 2. The molecule has 0 saturated heterocycles. The van der Waals surface area contributed by atoms with Crippen LogP contribution in [0.4, 0.5) is 0 Å². The van der Waals surface area contributed by atoms with Crippen molar-refractivity contribution in [3.8, 4) is 0 Å². The molecule has 1 aromatic rings. The Morgan fingerprint density at radius 3 is 3.15 bits per heavy atom. The van der Waals surface area contributed by atoms with E-state index in [-0.39, 0.29) is 18.0 Å². The van der Waals surface area contributed by atoms with Crippen molar-refractivity contribution in [3.05, 3.63) is 28.4 Å². The number of hydrogen-bond donors (Lipinski definition) is 2. The molecular weight excluding hydrogens is 278 g/mol. The van der Waals surface area contributed by atoms with E-state index in [1.165, 1.54) is 24.0 Å². The molecule has 0 unspecified atom stereocenters. The van der Waals surface area contributed by atoms with Gasteiger partial charge in [0.25, 0.3) is 0 Å². The third-order valence-electron chi connectivity index (χ3n) is 2.77. The summed E-state index contributed by atoms with van der Waals surface area (Å²) in [5.41, 5.74) is 1.10. The number of allylic oxidation sites excluding steroid dienone is 2. The first-order valence-electron chi connectivity index (χ1n) is 6.39. The van der Waals surface area contributed by atoms with Crippen LogP contribution in [0.25, 0.3) is 0 Å². The highest BCUT2D eigenvalue weighted by Crippen LogP contribution is 2.25. The number of hydrogen-bond acceptors (Lipinski definition) is 6.